The molecule has 0 unspecified atom stereocenters. The highest BCUT2D eigenvalue weighted by Gasteiger charge is 2.22. The number of hydrogen-bond acceptors (Lipinski definition) is 5. The van der Waals surface area contributed by atoms with Gasteiger partial charge in [0.2, 0.25) is 5.03 Å². The second-order valence-electron chi connectivity index (χ2n) is 3.66. The van der Waals surface area contributed by atoms with Crippen molar-refractivity contribution < 1.29 is 8.42 Å². The molecular weight excluding hydrogens is 296 g/mol. The minimum atomic E-state index is -3.71. The molecule has 0 aromatic carbocycles. The Kier molecular flexibility index (Phi) is 3.71. The number of aryl methyl sites for hydroxylation is 2. The number of rotatable bonds is 4. The maximum absolute atomic E-state index is 12.0. The van der Waals surface area contributed by atoms with E-state index in [1.807, 2.05) is 12.3 Å². The predicted octanol–water partition coefficient (Wildman–Crippen LogP) is 1.32. The quantitative estimate of drug-likeness (QED) is 0.924. The zero-order chi connectivity index (χ0) is 13.3. The van der Waals surface area contributed by atoms with Crippen LogP contribution in [0.5, 0.6) is 0 Å². The second kappa shape index (κ2) is 4.96. The van der Waals surface area contributed by atoms with Crippen LogP contribution in [0.1, 0.15) is 10.7 Å². The van der Waals surface area contributed by atoms with Gasteiger partial charge in [-0.2, -0.15) is 0 Å². The van der Waals surface area contributed by atoms with Gasteiger partial charge in [-0.3, -0.25) is 0 Å². The molecule has 0 aliphatic rings. The first kappa shape index (κ1) is 13.5. The molecule has 6 nitrogen and oxygen atoms in total. The van der Waals surface area contributed by atoms with Gasteiger partial charge in [-0.05, 0) is 6.92 Å². The van der Waals surface area contributed by atoms with Crippen molar-refractivity contribution in [2.75, 3.05) is 0 Å². The molecule has 0 aliphatic heterocycles. The summed E-state index contributed by atoms with van der Waals surface area (Å²) >= 11 is 7.25. The standard InChI is InChI=1S/C9H11ClN4O2S2/c1-6-4-17-7(13-6)3-12-18(15,16)9-8(10)14(2)5-11-9/h4-5,12H,3H2,1-2H3. The maximum Gasteiger partial charge on any atom is 0.261 e. The number of sulfonamides is 1. The molecule has 2 aromatic rings. The third-order valence-corrected chi connectivity index (χ3v) is 5.03. The van der Waals surface area contributed by atoms with Crippen LogP contribution in [0.4, 0.5) is 0 Å². The number of nitrogens with one attached hydrogen (secondary N) is 1. The molecule has 18 heavy (non-hydrogen) atoms. The van der Waals surface area contributed by atoms with Crippen LogP contribution < -0.4 is 4.72 Å². The van der Waals surface area contributed by atoms with Gasteiger partial charge >= 0.3 is 0 Å². The number of halogens is 1. The van der Waals surface area contributed by atoms with Gasteiger partial charge in [0.15, 0.2) is 0 Å². The lowest BCUT2D eigenvalue weighted by molar-refractivity contribution is 0.578. The number of hydrogen-bond donors (Lipinski definition) is 1. The summed E-state index contributed by atoms with van der Waals surface area (Å²) < 4.78 is 27.8. The fraction of sp³-hybridized carbons (Fsp3) is 0.333. The molecule has 0 radical (unpaired) electrons. The highest BCUT2D eigenvalue weighted by molar-refractivity contribution is 7.89. The number of aromatic nitrogens is 3. The van der Waals surface area contributed by atoms with Crippen LogP contribution in [0.2, 0.25) is 5.15 Å². The van der Waals surface area contributed by atoms with Crippen molar-refractivity contribution in [3.63, 3.8) is 0 Å². The molecule has 9 heteroatoms. The van der Waals surface area contributed by atoms with E-state index in [9.17, 15) is 8.42 Å². The van der Waals surface area contributed by atoms with Crippen LogP contribution in [0.25, 0.3) is 0 Å². The van der Waals surface area contributed by atoms with Crippen LogP contribution in [-0.4, -0.2) is 23.0 Å². The lowest BCUT2D eigenvalue weighted by Gasteiger charge is -2.02. The molecule has 2 rings (SSSR count). The van der Waals surface area contributed by atoms with Gasteiger partial charge in [-0.15, -0.1) is 11.3 Å². The van der Waals surface area contributed by atoms with E-state index < -0.39 is 10.0 Å². The average Bonchev–Trinajstić information content (AvgIpc) is 2.85. The SMILES string of the molecule is Cc1csc(CNS(=O)(=O)c2ncn(C)c2Cl)n1. The zero-order valence-electron chi connectivity index (χ0n) is 9.71. The minimum absolute atomic E-state index is 0.0813. The molecule has 0 saturated carbocycles. The van der Waals surface area contributed by atoms with Gasteiger partial charge < -0.3 is 4.57 Å². The lowest BCUT2D eigenvalue weighted by atomic mass is 10.6. The van der Waals surface area contributed by atoms with Gasteiger partial charge in [0.1, 0.15) is 10.2 Å². The Balaban J connectivity index is 2.15. The average molecular weight is 307 g/mol. The molecule has 0 atom stereocenters. The number of thiazole rings is 1. The molecule has 0 spiro atoms. The Bertz CT molecular complexity index is 662. The molecule has 0 aliphatic carbocycles. The Morgan fingerprint density at radius 3 is 2.78 bits per heavy atom. The van der Waals surface area contributed by atoms with Gasteiger partial charge in [0, 0.05) is 18.1 Å². The van der Waals surface area contributed by atoms with Crippen LogP contribution in [0.3, 0.4) is 0 Å². The first-order valence-electron chi connectivity index (χ1n) is 4.97. The highest BCUT2D eigenvalue weighted by atomic mass is 35.5. The lowest BCUT2D eigenvalue weighted by Crippen LogP contribution is -2.23. The molecule has 0 amide bonds. The largest absolute Gasteiger partial charge is 0.324 e. The van der Waals surface area contributed by atoms with Crippen molar-refractivity contribution in [1.29, 1.82) is 0 Å². The molecule has 1 N–H and O–H groups in total. The number of imidazole rings is 1. The summed E-state index contributed by atoms with van der Waals surface area (Å²) in [5.74, 6) is 0. The molecule has 2 heterocycles. The normalized spacial score (nSPS) is 11.9. The summed E-state index contributed by atoms with van der Waals surface area (Å²) in [7, 11) is -2.08. The van der Waals surface area contributed by atoms with Crippen molar-refractivity contribution in [2.45, 2.75) is 18.5 Å². The van der Waals surface area contributed by atoms with Crippen molar-refractivity contribution >= 4 is 33.0 Å². The van der Waals surface area contributed by atoms with E-state index in [4.69, 9.17) is 11.6 Å². The summed E-state index contributed by atoms with van der Waals surface area (Å²) in [6.45, 7) is 1.98. The summed E-state index contributed by atoms with van der Waals surface area (Å²) in [4.78, 5) is 7.94. The zero-order valence-corrected chi connectivity index (χ0v) is 12.1. The fourth-order valence-electron chi connectivity index (χ4n) is 1.28. The van der Waals surface area contributed by atoms with Gasteiger partial charge in [0.25, 0.3) is 10.0 Å². The first-order chi connectivity index (χ1) is 8.40. The molecule has 98 valence electrons. The molecule has 0 fully saturated rings. The highest BCUT2D eigenvalue weighted by Crippen LogP contribution is 2.18. The van der Waals surface area contributed by atoms with Crippen LogP contribution in [0.15, 0.2) is 16.7 Å². The Morgan fingerprint density at radius 2 is 2.28 bits per heavy atom. The van der Waals surface area contributed by atoms with Gasteiger partial charge in [-0.25, -0.2) is 23.1 Å². The first-order valence-corrected chi connectivity index (χ1v) is 7.71. The van der Waals surface area contributed by atoms with Crippen molar-refractivity contribution in [3.05, 3.63) is 27.6 Å². The summed E-state index contributed by atoms with van der Waals surface area (Å²) in [5, 5.41) is 2.47. The van der Waals surface area contributed by atoms with Crippen LogP contribution in [-0.2, 0) is 23.6 Å². The Morgan fingerprint density at radius 1 is 1.56 bits per heavy atom. The van der Waals surface area contributed by atoms with E-state index in [0.29, 0.717) is 5.01 Å². The third kappa shape index (κ3) is 2.72. The van der Waals surface area contributed by atoms with Crippen molar-refractivity contribution in [1.82, 2.24) is 19.3 Å². The number of nitrogens with zero attached hydrogens (tertiary/aromatic N) is 3. The Hall–Kier alpha value is -0.960. The van der Waals surface area contributed by atoms with Crippen LogP contribution in [0, 0.1) is 6.92 Å². The smallest absolute Gasteiger partial charge is 0.261 e. The van der Waals surface area contributed by atoms with Crippen LogP contribution >= 0.6 is 22.9 Å². The summed E-state index contributed by atoms with van der Waals surface area (Å²) in [6, 6.07) is 0. The maximum atomic E-state index is 12.0. The Labute approximate surface area is 114 Å². The molecule has 0 saturated heterocycles. The summed E-state index contributed by atoms with van der Waals surface area (Å²) in [6.07, 6.45) is 1.35. The van der Waals surface area contributed by atoms with Crippen molar-refractivity contribution in [3.8, 4) is 0 Å². The topological polar surface area (TPSA) is 76.9 Å². The molecular formula is C9H11ClN4O2S2. The van der Waals surface area contributed by atoms with E-state index in [1.54, 1.807) is 7.05 Å². The van der Waals surface area contributed by atoms with Gasteiger partial charge in [-0.1, -0.05) is 11.6 Å². The minimum Gasteiger partial charge on any atom is -0.324 e. The van der Waals surface area contributed by atoms with Crippen molar-refractivity contribution in [2.24, 2.45) is 7.05 Å². The van der Waals surface area contributed by atoms with E-state index in [0.717, 1.165) is 5.69 Å². The fourth-order valence-corrected chi connectivity index (χ4v) is 3.50. The molecule has 2 aromatic heterocycles. The molecule has 0 bridgehead atoms. The van der Waals surface area contributed by atoms with E-state index >= 15 is 0 Å². The van der Waals surface area contributed by atoms with E-state index in [1.165, 1.54) is 22.2 Å². The second-order valence-corrected chi connectivity index (χ2v) is 6.64. The predicted molar refractivity (Wildman–Crippen MR) is 69.1 cm³/mol. The van der Waals surface area contributed by atoms with Gasteiger partial charge in [0.05, 0.1) is 12.9 Å². The third-order valence-electron chi connectivity index (χ3n) is 2.17. The van der Waals surface area contributed by atoms with E-state index in [2.05, 4.69) is 14.7 Å². The monoisotopic (exact) mass is 306 g/mol. The van der Waals surface area contributed by atoms with E-state index in [-0.39, 0.29) is 16.7 Å². The summed E-state index contributed by atoms with van der Waals surface area (Å²) in [5.41, 5.74) is 0.866.